The fourth-order valence-electron chi connectivity index (χ4n) is 3.41. The highest BCUT2D eigenvalue weighted by Crippen LogP contribution is 2.55. The number of rotatable bonds is 2. The Labute approximate surface area is 175 Å². The number of pyridine rings is 1. The molecule has 10 heteroatoms. The van der Waals surface area contributed by atoms with E-state index in [-0.39, 0.29) is 17.0 Å². The van der Waals surface area contributed by atoms with Gasteiger partial charge in [0, 0.05) is 36.8 Å². The molecular formula is C19H16ClN5O3S. The molecule has 0 saturated heterocycles. The van der Waals surface area contributed by atoms with Crippen LogP contribution in [0, 0.1) is 0 Å². The lowest BCUT2D eigenvalue weighted by atomic mass is 10.1. The number of hydrogen-bond donors (Lipinski definition) is 1. The molecule has 0 saturated carbocycles. The van der Waals surface area contributed by atoms with Crippen molar-refractivity contribution < 1.29 is 14.4 Å². The number of fused-ring (bicyclic) bond motifs is 2. The van der Waals surface area contributed by atoms with Gasteiger partial charge in [0.1, 0.15) is 0 Å². The van der Waals surface area contributed by atoms with Crippen LogP contribution in [0.25, 0.3) is 0 Å². The number of amidine groups is 1. The largest absolute Gasteiger partial charge is 0.304 e. The van der Waals surface area contributed by atoms with Crippen LogP contribution in [0.1, 0.15) is 25.0 Å². The van der Waals surface area contributed by atoms with Gasteiger partial charge in [-0.2, -0.15) is 5.01 Å². The maximum atomic E-state index is 13.7. The predicted molar refractivity (Wildman–Crippen MR) is 110 cm³/mol. The number of carbonyl (C=O) groups is 3. The smallest absolute Gasteiger partial charge is 0.271 e. The Morgan fingerprint density at radius 3 is 2.59 bits per heavy atom. The van der Waals surface area contributed by atoms with Gasteiger partial charge in [-0.05, 0) is 47.7 Å². The van der Waals surface area contributed by atoms with E-state index in [2.05, 4.69) is 15.4 Å². The second-order valence-corrected chi connectivity index (χ2v) is 8.19. The fourth-order valence-corrected chi connectivity index (χ4v) is 4.91. The third-order valence-corrected chi connectivity index (χ3v) is 6.03. The molecule has 1 N–H and O–H groups in total. The van der Waals surface area contributed by atoms with Gasteiger partial charge in [0.15, 0.2) is 5.17 Å². The van der Waals surface area contributed by atoms with Crippen LogP contribution in [0.2, 0.25) is 5.02 Å². The van der Waals surface area contributed by atoms with Crippen LogP contribution in [0.5, 0.6) is 0 Å². The third kappa shape index (κ3) is 3.16. The molecule has 148 valence electrons. The van der Waals surface area contributed by atoms with Crippen molar-refractivity contribution in [1.29, 1.82) is 0 Å². The van der Waals surface area contributed by atoms with Crippen LogP contribution in [0.15, 0.2) is 47.8 Å². The Hall–Kier alpha value is -2.91. The summed E-state index contributed by atoms with van der Waals surface area (Å²) in [7, 11) is 0. The van der Waals surface area contributed by atoms with E-state index < -0.39 is 10.8 Å². The molecule has 2 aromatic rings. The number of aromatic nitrogens is 1. The molecule has 29 heavy (non-hydrogen) atoms. The summed E-state index contributed by atoms with van der Waals surface area (Å²) in [6.45, 7) is 2.95. The molecule has 0 radical (unpaired) electrons. The highest BCUT2D eigenvalue weighted by molar-refractivity contribution is 8.15. The molecule has 1 aromatic heterocycles. The molecule has 3 amide bonds. The molecule has 8 nitrogen and oxygen atoms in total. The van der Waals surface area contributed by atoms with Crippen molar-refractivity contribution in [2.24, 2.45) is 5.10 Å². The average Bonchev–Trinajstić information content (AvgIpc) is 3.15. The number of amides is 3. The Balaban J connectivity index is 1.83. The van der Waals surface area contributed by atoms with E-state index in [0.717, 1.165) is 22.3 Å². The van der Waals surface area contributed by atoms with Gasteiger partial charge < -0.3 is 10.2 Å². The number of benzene rings is 1. The van der Waals surface area contributed by atoms with Gasteiger partial charge in [-0.3, -0.25) is 19.4 Å². The number of thioether (sulfide) groups is 1. The van der Waals surface area contributed by atoms with Gasteiger partial charge in [-0.15, -0.1) is 5.10 Å². The monoisotopic (exact) mass is 429 g/mol. The van der Waals surface area contributed by atoms with Crippen molar-refractivity contribution in [2.75, 3.05) is 4.90 Å². The first kappa shape index (κ1) is 19.4. The predicted octanol–water partition coefficient (Wildman–Crippen LogP) is 2.44. The van der Waals surface area contributed by atoms with Crippen LogP contribution in [0.4, 0.5) is 5.69 Å². The highest BCUT2D eigenvalue weighted by Gasteiger charge is 2.61. The van der Waals surface area contributed by atoms with Crippen LogP contribution >= 0.6 is 23.4 Å². The summed E-state index contributed by atoms with van der Waals surface area (Å²) in [4.78, 5) is 41.8. The minimum Gasteiger partial charge on any atom is -0.304 e. The van der Waals surface area contributed by atoms with E-state index in [1.807, 2.05) is 12.1 Å². The maximum Gasteiger partial charge on any atom is 0.271 e. The Morgan fingerprint density at radius 2 is 1.93 bits per heavy atom. The number of hydrazone groups is 1. The minimum atomic E-state index is -1.46. The summed E-state index contributed by atoms with van der Waals surface area (Å²) in [5.41, 5.74) is 2.06. The van der Waals surface area contributed by atoms with E-state index in [1.54, 1.807) is 35.5 Å². The van der Waals surface area contributed by atoms with E-state index in [9.17, 15) is 14.4 Å². The molecule has 4 rings (SSSR count). The van der Waals surface area contributed by atoms with Gasteiger partial charge in [0.05, 0.1) is 12.2 Å². The van der Waals surface area contributed by atoms with Crippen LogP contribution < -0.4 is 10.2 Å². The molecule has 1 aromatic carbocycles. The number of nitrogens with zero attached hydrogens (tertiary/aromatic N) is 4. The molecule has 2 aliphatic rings. The lowest BCUT2D eigenvalue weighted by molar-refractivity contribution is -0.139. The van der Waals surface area contributed by atoms with Crippen molar-refractivity contribution in [3.05, 3.63) is 58.9 Å². The van der Waals surface area contributed by atoms with Gasteiger partial charge in [-0.25, -0.2) is 0 Å². The van der Waals surface area contributed by atoms with Crippen molar-refractivity contribution in [3.8, 4) is 0 Å². The molecule has 1 atom stereocenters. The number of nitrogens with one attached hydrogen (secondary N) is 1. The highest BCUT2D eigenvalue weighted by atomic mass is 35.5. The average molecular weight is 430 g/mol. The van der Waals surface area contributed by atoms with Crippen molar-refractivity contribution in [1.82, 2.24) is 15.3 Å². The second kappa shape index (κ2) is 7.16. The first-order valence-electron chi connectivity index (χ1n) is 8.70. The van der Waals surface area contributed by atoms with E-state index in [0.29, 0.717) is 22.8 Å². The van der Waals surface area contributed by atoms with E-state index in [1.165, 1.54) is 13.8 Å². The standard InChI is InChI=1S/C19H16ClN5O3S/c1-11(26)22-18-23-25(12(2)27)19(29-18)15-9-14(20)3-4-16(15)24(17(19)28)10-13-5-7-21-8-6-13/h3-9H,10H2,1-2H3,(H,22,23,26)/t19-/m0/s1. The number of halogens is 1. The molecule has 2 aliphatic heterocycles. The van der Waals surface area contributed by atoms with Gasteiger partial charge in [-0.1, -0.05) is 11.6 Å². The van der Waals surface area contributed by atoms with Gasteiger partial charge in [0.25, 0.3) is 5.91 Å². The molecule has 0 aliphatic carbocycles. The Bertz CT molecular complexity index is 1060. The number of carbonyl (C=O) groups excluding carboxylic acids is 3. The van der Waals surface area contributed by atoms with Crippen LogP contribution in [-0.2, 0) is 25.8 Å². The summed E-state index contributed by atoms with van der Waals surface area (Å²) in [6, 6.07) is 8.74. The van der Waals surface area contributed by atoms with Gasteiger partial charge in [0.2, 0.25) is 16.7 Å². The molecule has 0 fully saturated rings. The zero-order valence-electron chi connectivity index (χ0n) is 15.5. The minimum absolute atomic E-state index is 0.178. The maximum absolute atomic E-state index is 13.7. The van der Waals surface area contributed by atoms with Crippen LogP contribution in [-0.4, -0.2) is 32.9 Å². The summed E-state index contributed by atoms with van der Waals surface area (Å²) in [5, 5.41) is 8.52. The zero-order valence-corrected chi connectivity index (χ0v) is 17.1. The molecule has 1 spiro atoms. The van der Waals surface area contributed by atoms with Crippen molar-refractivity contribution in [2.45, 2.75) is 25.3 Å². The van der Waals surface area contributed by atoms with Crippen molar-refractivity contribution >= 4 is 51.9 Å². The van der Waals surface area contributed by atoms with Crippen LogP contribution in [0.3, 0.4) is 0 Å². The summed E-state index contributed by atoms with van der Waals surface area (Å²) < 4.78 is 0. The molecule has 0 bridgehead atoms. The Kier molecular flexibility index (Phi) is 4.79. The number of anilines is 1. The van der Waals surface area contributed by atoms with Crippen molar-refractivity contribution in [3.63, 3.8) is 0 Å². The van der Waals surface area contributed by atoms with E-state index in [4.69, 9.17) is 11.6 Å². The molecule has 3 heterocycles. The third-order valence-electron chi connectivity index (χ3n) is 4.55. The first-order chi connectivity index (χ1) is 13.8. The first-order valence-corrected chi connectivity index (χ1v) is 9.89. The zero-order chi connectivity index (χ0) is 20.8. The normalized spacial score (nSPS) is 20.1. The Morgan fingerprint density at radius 1 is 1.21 bits per heavy atom. The summed E-state index contributed by atoms with van der Waals surface area (Å²) >= 11 is 7.25. The lowest BCUT2D eigenvalue weighted by Gasteiger charge is -2.29. The lowest BCUT2D eigenvalue weighted by Crippen LogP contribution is -2.48. The fraction of sp³-hybridized carbons (Fsp3) is 0.211. The second-order valence-electron chi connectivity index (χ2n) is 6.57. The summed E-state index contributed by atoms with van der Waals surface area (Å²) in [6.07, 6.45) is 3.30. The summed E-state index contributed by atoms with van der Waals surface area (Å²) in [5.74, 6) is -1.11. The molecular weight excluding hydrogens is 414 g/mol. The van der Waals surface area contributed by atoms with Gasteiger partial charge >= 0.3 is 0 Å². The molecule has 0 unspecified atom stereocenters. The topological polar surface area (TPSA) is 95.0 Å². The SMILES string of the molecule is CC(=O)NC1=NN(C(C)=O)[C@@]2(S1)C(=O)N(Cc1ccncc1)c1ccc(Cl)cc12. The quantitative estimate of drug-likeness (QED) is 0.791. The number of hydrogen-bond acceptors (Lipinski definition) is 6. The van der Waals surface area contributed by atoms with E-state index >= 15 is 0 Å².